The lowest BCUT2D eigenvalue weighted by Gasteiger charge is -2.26. The van der Waals surface area contributed by atoms with Gasteiger partial charge in [0.15, 0.2) is 0 Å². The highest BCUT2D eigenvalue weighted by Gasteiger charge is 2.21. The molecule has 1 atom stereocenters. The molecule has 0 saturated heterocycles. The molecule has 4 nitrogen and oxygen atoms in total. The van der Waals surface area contributed by atoms with E-state index >= 15 is 0 Å². The molecule has 0 aromatic carbocycles. The maximum atomic E-state index is 6.15. The summed E-state index contributed by atoms with van der Waals surface area (Å²) in [6.07, 6.45) is 2.61. The van der Waals surface area contributed by atoms with Gasteiger partial charge in [-0.25, -0.2) is 4.98 Å². The molecule has 1 heterocycles. The Morgan fingerprint density at radius 3 is 2.47 bits per heavy atom. The fourth-order valence-corrected chi connectivity index (χ4v) is 1.61. The first-order chi connectivity index (χ1) is 7.85. The van der Waals surface area contributed by atoms with Crippen LogP contribution in [0.5, 0.6) is 0 Å². The molecular formula is C13H23N3O. The lowest BCUT2D eigenvalue weighted by atomic mass is 9.95. The molecule has 17 heavy (non-hydrogen) atoms. The Labute approximate surface area is 104 Å². The van der Waals surface area contributed by atoms with Gasteiger partial charge in [-0.1, -0.05) is 6.07 Å². The minimum absolute atomic E-state index is 0.0475. The monoisotopic (exact) mass is 237 g/mol. The average Bonchev–Trinajstić information content (AvgIpc) is 2.28. The zero-order valence-electron chi connectivity index (χ0n) is 11.4. The average molecular weight is 237 g/mol. The Kier molecular flexibility index (Phi) is 4.48. The Morgan fingerprint density at radius 2 is 2.06 bits per heavy atom. The van der Waals surface area contributed by atoms with Crippen LogP contribution in [0.4, 0.5) is 5.82 Å². The third kappa shape index (κ3) is 3.98. The van der Waals surface area contributed by atoms with Gasteiger partial charge in [0.25, 0.3) is 0 Å². The lowest BCUT2D eigenvalue weighted by Crippen LogP contribution is -2.28. The summed E-state index contributed by atoms with van der Waals surface area (Å²) in [5.41, 5.74) is 6.98. The van der Waals surface area contributed by atoms with Gasteiger partial charge in [0.2, 0.25) is 0 Å². The summed E-state index contributed by atoms with van der Waals surface area (Å²) in [5, 5.41) is 0. The van der Waals surface area contributed by atoms with Gasteiger partial charge in [-0.3, -0.25) is 0 Å². The number of nitrogens with two attached hydrogens (primary N) is 1. The molecule has 0 saturated carbocycles. The van der Waals surface area contributed by atoms with Gasteiger partial charge in [-0.2, -0.15) is 0 Å². The summed E-state index contributed by atoms with van der Waals surface area (Å²) >= 11 is 0. The van der Waals surface area contributed by atoms with E-state index in [0.717, 1.165) is 17.8 Å². The molecule has 1 unspecified atom stereocenters. The van der Waals surface area contributed by atoms with Gasteiger partial charge in [0, 0.05) is 33.4 Å². The lowest BCUT2D eigenvalue weighted by molar-refractivity contribution is 0.00993. The molecular weight excluding hydrogens is 214 g/mol. The Morgan fingerprint density at radius 1 is 1.41 bits per heavy atom. The van der Waals surface area contributed by atoms with Gasteiger partial charge in [-0.05, 0) is 31.9 Å². The van der Waals surface area contributed by atoms with Crippen LogP contribution in [0.2, 0.25) is 0 Å². The number of pyridine rings is 1. The van der Waals surface area contributed by atoms with E-state index in [1.165, 1.54) is 0 Å². The Hall–Kier alpha value is -1.13. The van der Waals surface area contributed by atoms with E-state index in [2.05, 4.69) is 4.98 Å². The molecule has 0 spiro atoms. The van der Waals surface area contributed by atoms with Crippen molar-refractivity contribution in [3.05, 3.63) is 23.9 Å². The number of aromatic nitrogens is 1. The molecule has 4 heteroatoms. The first-order valence-corrected chi connectivity index (χ1v) is 5.80. The third-order valence-corrected chi connectivity index (χ3v) is 2.92. The molecule has 0 fully saturated rings. The van der Waals surface area contributed by atoms with Crippen molar-refractivity contribution in [3.8, 4) is 0 Å². The highest BCUT2D eigenvalue weighted by Crippen LogP contribution is 2.24. The van der Waals surface area contributed by atoms with E-state index < -0.39 is 0 Å². The minimum atomic E-state index is -0.209. The van der Waals surface area contributed by atoms with Gasteiger partial charge < -0.3 is 15.4 Å². The molecule has 1 rings (SSSR count). The fourth-order valence-electron chi connectivity index (χ4n) is 1.61. The molecule has 0 amide bonds. The topological polar surface area (TPSA) is 51.4 Å². The van der Waals surface area contributed by atoms with E-state index in [0.29, 0.717) is 0 Å². The van der Waals surface area contributed by atoms with Crippen LogP contribution >= 0.6 is 0 Å². The second kappa shape index (κ2) is 5.47. The van der Waals surface area contributed by atoms with Crippen LogP contribution in [0.1, 0.15) is 31.9 Å². The molecule has 0 aliphatic rings. The van der Waals surface area contributed by atoms with Crippen LogP contribution in [-0.4, -0.2) is 31.8 Å². The predicted molar refractivity (Wildman–Crippen MR) is 71.2 cm³/mol. The van der Waals surface area contributed by atoms with Crippen molar-refractivity contribution in [1.82, 2.24) is 4.98 Å². The number of nitrogens with zero attached hydrogens (tertiary/aromatic N) is 2. The van der Waals surface area contributed by atoms with Gasteiger partial charge in [-0.15, -0.1) is 0 Å². The van der Waals surface area contributed by atoms with Crippen LogP contribution in [0, 0.1) is 0 Å². The molecule has 1 aromatic heterocycles. The van der Waals surface area contributed by atoms with Crippen LogP contribution in [0.15, 0.2) is 18.3 Å². The second-order valence-corrected chi connectivity index (χ2v) is 5.12. The Bertz CT molecular complexity index is 346. The second-order valence-electron chi connectivity index (χ2n) is 5.12. The minimum Gasteiger partial charge on any atom is -0.379 e. The number of rotatable bonds is 5. The first-order valence-electron chi connectivity index (χ1n) is 5.80. The number of hydrogen-bond donors (Lipinski definition) is 1. The van der Waals surface area contributed by atoms with Crippen molar-refractivity contribution in [2.24, 2.45) is 5.73 Å². The van der Waals surface area contributed by atoms with E-state index in [1.54, 1.807) is 7.11 Å². The molecule has 2 N–H and O–H groups in total. The van der Waals surface area contributed by atoms with Crippen LogP contribution in [0.25, 0.3) is 0 Å². The van der Waals surface area contributed by atoms with Crippen molar-refractivity contribution in [2.45, 2.75) is 31.9 Å². The normalized spacial score (nSPS) is 13.5. The quantitative estimate of drug-likeness (QED) is 0.850. The van der Waals surface area contributed by atoms with Crippen LogP contribution in [0.3, 0.4) is 0 Å². The SMILES string of the molecule is COC(C)(C)CC(N)c1ccc(N(C)C)nc1. The summed E-state index contributed by atoms with van der Waals surface area (Å²) in [6, 6.07) is 3.96. The van der Waals surface area contributed by atoms with E-state index in [4.69, 9.17) is 10.5 Å². The largest absolute Gasteiger partial charge is 0.379 e. The third-order valence-electron chi connectivity index (χ3n) is 2.92. The number of methoxy groups -OCH3 is 1. The van der Waals surface area contributed by atoms with Gasteiger partial charge in [0.1, 0.15) is 5.82 Å². The fraction of sp³-hybridized carbons (Fsp3) is 0.615. The molecule has 0 bridgehead atoms. The predicted octanol–water partition coefficient (Wildman–Crippen LogP) is 1.96. The number of ether oxygens (including phenoxy) is 1. The standard InChI is InChI=1S/C13H23N3O/c1-13(2,17-5)8-11(14)10-6-7-12(15-9-10)16(3)4/h6-7,9,11H,8,14H2,1-5H3. The highest BCUT2D eigenvalue weighted by atomic mass is 16.5. The summed E-state index contributed by atoms with van der Waals surface area (Å²) in [6.45, 7) is 4.07. The van der Waals surface area contributed by atoms with Gasteiger partial charge in [0.05, 0.1) is 5.60 Å². The van der Waals surface area contributed by atoms with E-state index in [9.17, 15) is 0 Å². The van der Waals surface area contributed by atoms with Crippen molar-refractivity contribution >= 4 is 5.82 Å². The maximum absolute atomic E-state index is 6.15. The van der Waals surface area contributed by atoms with Crippen LogP contribution in [-0.2, 0) is 4.74 Å². The van der Waals surface area contributed by atoms with Crippen molar-refractivity contribution in [3.63, 3.8) is 0 Å². The zero-order chi connectivity index (χ0) is 13.1. The summed E-state index contributed by atoms with van der Waals surface area (Å²) in [5.74, 6) is 0.937. The van der Waals surface area contributed by atoms with Crippen molar-refractivity contribution in [1.29, 1.82) is 0 Å². The van der Waals surface area contributed by atoms with Crippen molar-refractivity contribution < 1.29 is 4.74 Å². The molecule has 0 aliphatic heterocycles. The number of hydrogen-bond acceptors (Lipinski definition) is 4. The maximum Gasteiger partial charge on any atom is 0.127 e. The zero-order valence-corrected chi connectivity index (χ0v) is 11.4. The van der Waals surface area contributed by atoms with Gasteiger partial charge >= 0.3 is 0 Å². The summed E-state index contributed by atoms with van der Waals surface area (Å²) in [7, 11) is 5.64. The molecule has 0 aliphatic carbocycles. The molecule has 1 aromatic rings. The molecule has 0 radical (unpaired) electrons. The summed E-state index contributed by atoms with van der Waals surface area (Å²) < 4.78 is 5.38. The first kappa shape index (κ1) is 13.9. The summed E-state index contributed by atoms with van der Waals surface area (Å²) in [4.78, 5) is 6.33. The van der Waals surface area contributed by atoms with Crippen LogP contribution < -0.4 is 10.6 Å². The smallest absolute Gasteiger partial charge is 0.127 e. The van der Waals surface area contributed by atoms with E-state index in [1.807, 2.05) is 51.2 Å². The highest BCUT2D eigenvalue weighted by molar-refractivity contribution is 5.37. The Balaban J connectivity index is 2.73. The molecule has 96 valence electrons. The van der Waals surface area contributed by atoms with Crippen molar-refractivity contribution in [2.75, 3.05) is 26.1 Å². The van der Waals surface area contributed by atoms with E-state index in [-0.39, 0.29) is 11.6 Å². The number of anilines is 1.